The Balaban J connectivity index is 1.93. The molecule has 1 N–H and O–H groups in total. The standard InChI is InChI=1S/C18H17N3O2S/c1-11-5-4-6-14(9-11)21-12(2)10-15(13(21)3)16(22)17(23)20-18-19-7-8-24-18/h4-10H,1-3H3,(H,19,20,23). The molecule has 6 heteroatoms. The number of hydrogen-bond donors (Lipinski definition) is 1. The zero-order valence-electron chi connectivity index (χ0n) is 13.7. The molecule has 3 aromatic rings. The number of nitrogens with zero attached hydrogens (tertiary/aromatic N) is 2. The van der Waals surface area contributed by atoms with Gasteiger partial charge in [-0.2, -0.15) is 0 Å². The molecule has 0 fully saturated rings. The van der Waals surface area contributed by atoms with Gasteiger partial charge in [0.05, 0.1) is 0 Å². The molecule has 122 valence electrons. The topological polar surface area (TPSA) is 64.0 Å². The molecule has 0 aliphatic carbocycles. The van der Waals surface area contributed by atoms with E-state index >= 15 is 0 Å². The minimum Gasteiger partial charge on any atom is -0.318 e. The second-order valence-corrected chi connectivity index (χ2v) is 6.47. The van der Waals surface area contributed by atoms with Gasteiger partial charge >= 0.3 is 0 Å². The maximum atomic E-state index is 12.5. The highest BCUT2D eigenvalue weighted by Gasteiger charge is 2.23. The van der Waals surface area contributed by atoms with Crippen LogP contribution >= 0.6 is 11.3 Å². The molecule has 0 saturated carbocycles. The van der Waals surface area contributed by atoms with Crippen LogP contribution in [0, 0.1) is 20.8 Å². The predicted molar refractivity (Wildman–Crippen MR) is 95.1 cm³/mol. The van der Waals surface area contributed by atoms with E-state index in [1.165, 1.54) is 11.3 Å². The van der Waals surface area contributed by atoms with E-state index in [2.05, 4.69) is 10.3 Å². The van der Waals surface area contributed by atoms with Crippen molar-refractivity contribution in [2.75, 3.05) is 5.32 Å². The zero-order valence-corrected chi connectivity index (χ0v) is 14.5. The number of benzene rings is 1. The minimum absolute atomic E-state index is 0.406. The normalized spacial score (nSPS) is 10.6. The first-order valence-corrected chi connectivity index (χ1v) is 8.36. The largest absolute Gasteiger partial charge is 0.318 e. The van der Waals surface area contributed by atoms with Crippen LogP contribution in [0.4, 0.5) is 5.13 Å². The molecule has 2 aromatic heterocycles. The van der Waals surface area contributed by atoms with E-state index in [0.29, 0.717) is 10.7 Å². The number of ketones is 1. The maximum Gasteiger partial charge on any atom is 0.298 e. The number of amides is 1. The number of aryl methyl sites for hydroxylation is 2. The van der Waals surface area contributed by atoms with Crippen LogP contribution in [0.3, 0.4) is 0 Å². The third-order valence-corrected chi connectivity index (χ3v) is 4.48. The highest BCUT2D eigenvalue weighted by molar-refractivity contribution is 7.13. The molecule has 0 saturated heterocycles. The molecule has 0 atom stereocenters. The molecule has 0 aliphatic rings. The van der Waals surface area contributed by atoms with Crippen LogP contribution in [-0.4, -0.2) is 21.2 Å². The summed E-state index contributed by atoms with van der Waals surface area (Å²) >= 11 is 1.27. The zero-order chi connectivity index (χ0) is 17.3. The van der Waals surface area contributed by atoms with Crippen molar-refractivity contribution in [2.24, 2.45) is 0 Å². The second kappa shape index (κ2) is 6.41. The predicted octanol–water partition coefficient (Wildman–Crippen LogP) is 3.68. The molecule has 0 unspecified atom stereocenters. The molecule has 1 aromatic carbocycles. The van der Waals surface area contributed by atoms with Crippen LogP contribution in [0.1, 0.15) is 27.3 Å². The minimum atomic E-state index is -0.672. The smallest absolute Gasteiger partial charge is 0.298 e. The first-order chi connectivity index (χ1) is 11.5. The van der Waals surface area contributed by atoms with Crippen molar-refractivity contribution in [2.45, 2.75) is 20.8 Å². The maximum absolute atomic E-state index is 12.5. The number of thiazole rings is 1. The number of aromatic nitrogens is 2. The van der Waals surface area contributed by atoms with Crippen LogP contribution in [0.2, 0.25) is 0 Å². The van der Waals surface area contributed by atoms with Gasteiger partial charge in [-0.25, -0.2) is 4.98 Å². The Hall–Kier alpha value is -2.73. The first kappa shape index (κ1) is 16.1. The average molecular weight is 339 g/mol. The highest BCUT2D eigenvalue weighted by atomic mass is 32.1. The summed E-state index contributed by atoms with van der Waals surface area (Å²) in [5.74, 6) is -1.23. The monoisotopic (exact) mass is 339 g/mol. The molecule has 0 bridgehead atoms. The third-order valence-electron chi connectivity index (χ3n) is 3.79. The number of rotatable bonds is 4. The van der Waals surface area contributed by atoms with Crippen LogP contribution in [0.15, 0.2) is 41.9 Å². The van der Waals surface area contributed by atoms with Crippen LogP contribution < -0.4 is 5.32 Å². The molecule has 3 rings (SSSR count). The van der Waals surface area contributed by atoms with Gasteiger partial charge in [-0.3, -0.25) is 14.9 Å². The average Bonchev–Trinajstić information content (AvgIpc) is 3.14. The molecule has 1 amide bonds. The summed E-state index contributed by atoms with van der Waals surface area (Å²) in [4.78, 5) is 28.6. The number of hydrogen-bond acceptors (Lipinski definition) is 4. The van der Waals surface area contributed by atoms with Gasteiger partial charge in [0.15, 0.2) is 5.13 Å². The number of Topliss-reactive ketones (excluding diaryl/α,β-unsaturated/α-hetero) is 1. The number of anilines is 1. The summed E-state index contributed by atoms with van der Waals surface area (Å²) in [5.41, 5.74) is 4.17. The molecule has 2 heterocycles. The lowest BCUT2D eigenvalue weighted by molar-refractivity contribution is -0.112. The third kappa shape index (κ3) is 3.00. The molecule has 0 aliphatic heterocycles. The van der Waals surface area contributed by atoms with Crippen molar-refractivity contribution in [3.63, 3.8) is 0 Å². The summed E-state index contributed by atoms with van der Waals surface area (Å²) in [6.07, 6.45) is 1.58. The molecule has 5 nitrogen and oxygen atoms in total. The molecule has 0 spiro atoms. The van der Waals surface area contributed by atoms with Gasteiger partial charge in [0, 0.05) is 34.2 Å². The van der Waals surface area contributed by atoms with E-state index in [1.807, 2.05) is 49.6 Å². The highest BCUT2D eigenvalue weighted by Crippen LogP contribution is 2.22. The fraction of sp³-hybridized carbons (Fsp3) is 0.167. The molecule has 0 radical (unpaired) electrons. The van der Waals surface area contributed by atoms with Gasteiger partial charge in [-0.15, -0.1) is 11.3 Å². The van der Waals surface area contributed by atoms with E-state index in [1.54, 1.807) is 17.6 Å². The van der Waals surface area contributed by atoms with Gasteiger partial charge in [0.1, 0.15) is 0 Å². The summed E-state index contributed by atoms with van der Waals surface area (Å²) in [6, 6.07) is 9.77. The number of carbonyl (C=O) groups excluding carboxylic acids is 2. The number of nitrogens with one attached hydrogen (secondary N) is 1. The lowest BCUT2D eigenvalue weighted by Gasteiger charge is -2.10. The lowest BCUT2D eigenvalue weighted by Crippen LogP contribution is -2.23. The first-order valence-electron chi connectivity index (χ1n) is 7.48. The van der Waals surface area contributed by atoms with Crippen molar-refractivity contribution in [1.29, 1.82) is 0 Å². The van der Waals surface area contributed by atoms with Crippen molar-refractivity contribution < 1.29 is 9.59 Å². The molecular formula is C18H17N3O2S. The SMILES string of the molecule is Cc1cccc(-n2c(C)cc(C(=O)C(=O)Nc3nccs3)c2C)c1. The van der Waals surface area contributed by atoms with Gasteiger partial charge in [-0.1, -0.05) is 12.1 Å². The van der Waals surface area contributed by atoms with E-state index in [-0.39, 0.29) is 0 Å². The van der Waals surface area contributed by atoms with Crippen LogP contribution in [0.25, 0.3) is 5.69 Å². The quantitative estimate of drug-likeness (QED) is 0.582. The Bertz CT molecular complexity index is 910. The fourth-order valence-corrected chi connectivity index (χ4v) is 3.24. The van der Waals surface area contributed by atoms with Gasteiger partial charge in [-0.05, 0) is 44.5 Å². The number of carbonyl (C=O) groups is 2. The van der Waals surface area contributed by atoms with Gasteiger partial charge < -0.3 is 4.57 Å². The van der Waals surface area contributed by atoms with E-state index in [4.69, 9.17) is 0 Å². The lowest BCUT2D eigenvalue weighted by atomic mass is 10.1. The van der Waals surface area contributed by atoms with Crippen LogP contribution in [-0.2, 0) is 4.79 Å². The van der Waals surface area contributed by atoms with E-state index in [9.17, 15) is 9.59 Å². The Morgan fingerprint density at radius 2 is 1.96 bits per heavy atom. The van der Waals surface area contributed by atoms with Gasteiger partial charge in [0.25, 0.3) is 11.7 Å². The van der Waals surface area contributed by atoms with E-state index in [0.717, 1.165) is 22.6 Å². The van der Waals surface area contributed by atoms with Crippen molar-refractivity contribution in [1.82, 2.24) is 9.55 Å². The summed E-state index contributed by atoms with van der Waals surface area (Å²) < 4.78 is 1.98. The van der Waals surface area contributed by atoms with Crippen molar-refractivity contribution in [3.05, 3.63) is 64.4 Å². The Kier molecular flexibility index (Phi) is 4.31. The Morgan fingerprint density at radius 3 is 2.62 bits per heavy atom. The van der Waals surface area contributed by atoms with Crippen molar-refractivity contribution >= 4 is 28.2 Å². The fourth-order valence-electron chi connectivity index (χ4n) is 2.72. The summed E-state index contributed by atoms with van der Waals surface area (Å²) in [5, 5.41) is 4.69. The summed E-state index contributed by atoms with van der Waals surface area (Å²) in [7, 11) is 0. The van der Waals surface area contributed by atoms with Gasteiger partial charge in [0.2, 0.25) is 0 Å². The van der Waals surface area contributed by atoms with Crippen molar-refractivity contribution in [3.8, 4) is 5.69 Å². The Morgan fingerprint density at radius 1 is 1.17 bits per heavy atom. The molecular weight excluding hydrogens is 322 g/mol. The second-order valence-electron chi connectivity index (χ2n) is 5.58. The Labute approximate surface area is 144 Å². The summed E-state index contributed by atoms with van der Waals surface area (Å²) in [6.45, 7) is 5.79. The van der Waals surface area contributed by atoms with E-state index < -0.39 is 11.7 Å². The van der Waals surface area contributed by atoms with Crippen LogP contribution in [0.5, 0.6) is 0 Å². The molecule has 24 heavy (non-hydrogen) atoms.